The lowest BCUT2D eigenvalue weighted by molar-refractivity contribution is 0.138. The number of nitrogens with zero attached hydrogens (tertiary/aromatic N) is 1. The van der Waals surface area contributed by atoms with E-state index in [1.54, 1.807) is 0 Å². The summed E-state index contributed by atoms with van der Waals surface area (Å²) in [6.45, 7) is 8.64. The molecular formula is C28H54N2O. The fourth-order valence-corrected chi connectivity index (χ4v) is 4.27. The highest BCUT2D eigenvalue weighted by atomic mass is 16.3. The number of nitriles is 1. The van der Waals surface area contributed by atoms with Crippen molar-refractivity contribution >= 4 is 0 Å². The number of hydrogen-bond donors (Lipinski definition) is 2. The molecule has 2 N–H and O–H groups in total. The van der Waals surface area contributed by atoms with E-state index in [1.807, 2.05) is 0 Å². The minimum absolute atomic E-state index is 0.0282. The smallest absolute Gasteiger partial charge is 0.0643 e. The van der Waals surface area contributed by atoms with E-state index in [1.165, 1.54) is 96.3 Å². The van der Waals surface area contributed by atoms with E-state index in [-0.39, 0.29) is 12.1 Å². The third kappa shape index (κ3) is 22.0. The number of nitrogens with one attached hydrogen (secondary N) is 1. The molecule has 0 aliphatic rings. The second-order valence-electron chi connectivity index (χ2n) is 9.54. The summed E-state index contributed by atoms with van der Waals surface area (Å²) >= 11 is 0. The molecule has 0 unspecified atom stereocenters. The number of rotatable bonds is 24. The zero-order valence-electron chi connectivity index (χ0n) is 21.1. The SMILES string of the molecule is C=C(CCCCCCC)N[C@@H](CC#N)C[C@H](O)CCCCCCCCCCCCCC. The Labute approximate surface area is 195 Å². The normalized spacial score (nSPS) is 13.0. The van der Waals surface area contributed by atoms with Crippen LogP contribution in [0.3, 0.4) is 0 Å². The summed E-state index contributed by atoms with van der Waals surface area (Å²) in [6, 6.07) is 2.29. The Kier molecular flexibility index (Phi) is 22.9. The molecule has 0 saturated heterocycles. The first-order valence-electron chi connectivity index (χ1n) is 13.6. The summed E-state index contributed by atoms with van der Waals surface area (Å²) in [7, 11) is 0. The predicted octanol–water partition coefficient (Wildman–Crippen LogP) is 8.57. The molecule has 0 fully saturated rings. The Bertz CT molecular complexity index is 429. The summed E-state index contributed by atoms with van der Waals surface area (Å²) < 4.78 is 0. The van der Waals surface area contributed by atoms with Crippen molar-refractivity contribution in [3.05, 3.63) is 12.3 Å². The van der Waals surface area contributed by atoms with Gasteiger partial charge in [-0.1, -0.05) is 123 Å². The van der Waals surface area contributed by atoms with Gasteiger partial charge in [0.2, 0.25) is 0 Å². The van der Waals surface area contributed by atoms with Crippen LogP contribution in [-0.2, 0) is 0 Å². The quantitative estimate of drug-likeness (QED) is 0.150. The maximum absolute atomic E-state index is 10.4. The van der Waals surface area contributed by atoms with Gasteiger partial charge in [-0.05, 0) is 25.7 Å². The number of allylic oxidation sites excluding steroid dienone is 1. The van der Waals surface area contributed by atoms with Crippen molar-refractivity contribution in [3.63, 3.8) is 0 Å². The van der Waals surface area contributed by atoms with Gasteiger partial charge in [-0.2, -0.15) is 5.26 Å². The number of hydrogen-bond acceptors (Lipinski definition) is 3. The van der Waals surface area contributed by atoms with Gasteiger partial charge < -0.3 is 10.4 Å². The molecule has 3 heteroatoms. The molecule has 0 radical (unpaired) electrons. The summed E-state index contributed by atoms with van der Waals surface area (Å²) in [6.07, 6.45) is 24.9. The van der Waals surface area contributed by atoms with Crippen molar-refractivity contribution in [3.8, 4) is 6.07 Å². The number of aliphatic hydroxyl groups excluding tert-OH is 1. The average molecular weight is 435 g/mol. The highest BCUT2D eigenvalue weighted by Gasteiger charge is 2.14. The molecule has 0 bridgehead atoms. The molecule has 0 aromatic heterocycles. The first-order chi connectivity index (χ1) is 15.1. The van der Waals surface area contributed by atoms with Crippen LogP contribution in [0.2, 0.25) is 0 Å². The summed E-state index contributed by atoms with van der Waals surface area (Å²) in [5.74, 6) is 0. The molecule has 182 valence electrons. The van der Waals surface area contributed by atoms with Gasteiger partial charge in [0.1, 0.15) is 0 Å². The summed E-state index contributed by atoms with van der Waals surface area (Å²) in [5.41, 5.74) is 1.02. The van der Waals surface area contributed by atoms with Gasteiger partial charge in [-0.3, -0.25) is 0 Å². The molecule has 0 spiro atoms. The molecule has 0 aromatic rings. The molecule has 0 aliphatic heterocycles. The van der Waals surface area contributed by atoms with E-state index < -0.39 is 0 Å². The van der Waals surface area contributed by atoms with Gasteiger partial charge in [-0.15, -0.1) is 0 Å². The first kappa shape index (κ1) is 30.0. The maximum atomic E-state index is 10.4. The molecule has 3 nitrogen and oxygen atoms in total. The van der Waals surface area contributed by atoms with Gasteiger partial charge >= 0.3 is 0 Å². The highest BCUT2D eigenvalue weighted by molar-refractivity contribution is 4.96. The van der Waals surface area contributed by atoms with Crippen LogP contribution >= 0.6 is 0 Å². The minimum Gasteiger partial charge on any atom is -0.393 e. The van der Waals surface area contributed by atoms with E-state index in [0.717, 1.165) is 31.4 Å². The van der Waals surface area contributed by atoms with E-state index in [9.17, 15) is 5.11 Å². The van der Waals surface area contributed by atoms with E-state index in [2.05, 4.69) is 31.8 Å². The van der Waals surface area contributed by atoms with Gasteiger partial charge in [0.05, 0.1) is 18.6 Å². The predicted molar refractivity (Wildman–Crippen MR) is 136 cm³/mol. The molecule has 0 amide bonds. The fourth-order valence-electron chi connectivity index (χ4n) is 4.27. The van der Waals surface area contributed by atoms with Gasteiger partial charge in [0.25, 0.3) is 0 Å². The largest absolute Gasteiger partial charge is 0.393 e. The standard InChI is InChI=1S/C28H54N2O/c1-4-6-8-10-11-12-13-14-15-16-18-20-22-28(31)25-27(23-24-29)30-26(3)21-19-17-9-7-5-2/h27-28,30-31H,3-23,25H2,1-2H3/t27-,28+/m0/s1. The minimum atomic E-state index is -0.314. The van der Waals surface area contributed by atoms with Crippen LogP contribution in [0, 0.1) is 11.3 Å². The van der Waals surface area contributed by atoms with Crippen molar-refractivity contribution < 1.29 is 5.11 Å². The molecular weight excluding hydrogens is 380 g/mol. The molecule has 0 saturated carbocycles. The average Bonchev–Trinajstić information content (AvgIpc) is 2.74. The van der Waals surface area contributed by atoms with Crippen LogP contribution in [0.15, 0.2) is 12.3 Å². The Morgan fingerprint density at radius 1 is 0.774 bits per heavy atom. The van der Waals surface area contributed by atoms with Crippen molar-refractivity contribution in [2.24, 2.45) is 0 Å². The van der Waals surface area contributed by atoms with E-state index in [0.29, 0.717) is 12.8 Å². The maximum Gasteiger partial charge on any atom is 0.0643 e. The second kappa shape index (κ2) is 23.6. The van der Waals surface area contributed by atoms with Gasteiger partial charge in [0, 0.05) is 11.7 Å². The lowest BCUT2D eigenvalue weighted by atomic mass is 10.00. The van der Waals surface area contributed by atoms with Crippen LogP contribution in [0.1, 0.15) is 149 Å². The number of aliphatic hydroxyl groups is 1. The van der Waals surface area contributed by atoms with Crippen molar-refractivity contribution in [2.45, 2.75) is 161 Å². The fraction of sp³-hybridized carbons (Fsp3) is 0.893. The molecule has 31 heavy (non-hydrogen) atoms. The summed E-state index contributed by atoms with van der Waals surface area (Å²) in [4.78, 5) is 0. The lowest BCUT2D eigenvalue weighted by Crippen LogP contribution is -2.31. The molecule has 0 heterocycles. The topological polar surface area (TPSA) is 56.0 Å². The zero-order valence-corrected chi connectivity index (χ0v) is 21.1. The van der Waals surface area contributed by atoms with Crippen LogP contribution in [0.5, 0.6) is 0 Å². The molecule has 2 atom stereocenters. The van der Waals surface area contributed by atoms with Crippen LogP contribution in [0.25, 0.3) is 0 Å². The molecule has 0 rings (SSSR count). The Morgan fingerprint density at radius 3 is 1.71 bits per heavy atom. The lowest BCUT2D eigenvalue weighted by Gasteiger charge is -2.22. The zero-order chi connectivity index (χ0) is 23.0. The Hall–Kier alpha value is -1.01. The van der Waals surface area contributed by atoms with Crippen LogP contribution < -0.4 is 5.32 Å². The van der Waals surface area contributed by atoms with E-state index >= 15 is 0 Å². The third-order valence-corrected chi connectivity index (χ3v) is 6.28. The Morgan fingerprint density at radius 2 is 1.23 bits per heavy atom. The molecule has 0 aliphatic carbocycles. The Balaban J connectivity index is 3.71. The van der Waals surface area contributed by atoms with Crippen molar-refractivity contribution in [1.29, 1.82) is 5.26 Å². The molecule has 0 aromatic carbocycles. The number of unbranched alkanes of at least 4 members (excludes halogenated alkanes) is 15. The van der Waals surface area contributed by atoms with E-state index in [4.69, 9.17) is 5.26 Å². The van der Waals surface area contributed by atoms with Gasteiger partial charge in [-0.25, -0.2) is 0 Å². The first-order valence-corrected chi connectivity index (χ1v) is 13.6. The highest BCUT2D eigenvalue weighted by Crippen LogP contribution is 2.16. The summed E-state index contributed by atoms with van der Waals surface area (Å²) in [5, 5.41) is 22.9. The van der Waals surface area contributed by atoms with Gasteiger partial charge in [0.15, 0.2) is 0 Å². The van der Waals surface area contributed by atoms with Crippen LogP contribution in [0.4, 0.5) is 0 Å². The van der Waals surface area contributed by atoms with Crippen molar-refractivity contribution in [1.82, 2.24) is 5.32 Å². The third-order valence-electron chi connectivity index (χ3n) is 6.28. The monoisotopic (exact) mass is 434 g/mol. The van der Waals surface area contributed by atoms with Crippen molar-refractivity contribution in [2.75, 3.05) is 0 Å². The second-order valence-corrected chi connectivity index (χ2v) is 9.54. The van der Waals surface area contributed by atoms with Crippen LogP contribution in [-0.4, -0.2) is 17.3 Å².